The molecule has 0 aliphatic carbocycles. The van der Waals surface area contributed by atoms with E-state index in [-0.39, 0.29) is 31.1 Å². The second kappa shape index (κ2) is 45.9. The Labute approximate surface area is 368 Å². The Balaban J connectivity index is 4.23. The summed E-state index contributed by atoms with van der Waals surface area (Å²) in [6.07, 6.45) is 46.8. The predicted octanol–water partition coefficient (Wildman–Crippen LogP) is 16.9. The Kier molecular flexibility index (Phi) is 44.7. The van der Waals surface area contributed by atoms with Crippen molar-refractivity contribution in [2.24, 2.45) is 11.8 Å². The molecule has 0 spiro atoms. The molecular formula is C53H102O6. The topological polar surface area (TPSA) is 78.9 Å². The van der Waals surface area contributed by atoms with Gasteiger partial charge in [0.2, 0.25) is 0 Å². The van der Waals surface area contributed by atoms with Gasteiger partial charge in [0.15, 0.2) is 6.10 Å². The first-order valence-corrected chi connectivity index (χ1v) is 26.2. The summed E-state index contributed by atoms with van der Waals surface area (Å²) >= 11 is 0. The van der Waals surface area contributed by atoms with E-state index in [0.717, 1.165) is 69.6 Å². The largest absolute Gasteiger partial charge is 0.462 e. The zero-order valence-corrected chi connectivity index (χ0v) is 40.4. The summed E-state index contributed by atoms with van der Waals surface area (Å²) in [7, 11) is 0. The van der Waals surface area contributed by atoms with Crippen LogP contribution in [0.5, 0.6) is 0 Å². The second-order valence-electron chi connectivity index (χ2n) is 19.1. The molecule has 0 amide bonds. The molecule has 0 aliphatic rings. The van der Waals surface area contributed by atoms with Crippen LogP contribution >= 0.6 is 0 Å². The molecule has 0 rings (SSSR count). The van der Waals surface area contributed by atoms with E-state index in [1.165, 1.54) is 180 Å². The summed E-state index contributed by atoms with van der Waals surface area (Å²) in [4.78, 5) is 37.9. The SMILES string of the molecule is CCCCCCCCCCCCCCCCCCC(=O)OC[C@H](COC(=O)CCCCCCCCCCCCCCCC(C)C)OC(=O)CCCCCCCCC(C)C. The number of unbranched alkanes of at least 4 members (excludes halogenated alkanes) is 32. The van der Waals surface area contributed by atoms with Gasteiger partial charge in [-0.25, -0.2) is 0 Å². The van der Waals surface area contributed by atoms with Crippen LogP contribution < -0.4 is 0 Å². The van der Waals surface area contributed by atoms with Gasteiger partial charge in [0.05, 0.1) is 0 Å². The molecule has 0 N–H and O–H groups in total. The average Bonchev–Trinajstić information content (AvgIpc) is 3.20. The summed E-state index contributed by atoms with van der Waals surface area (Å²) in [6.45, 7) is 11.3. The Bertz CT molecular complexity index is 900. The maximum atomic E-state index is 12.7. The third-order valence-corrected chi connectivity index (χ3v) is 12.0. The number of carbonyl (C=O) groups excluding carboxylic acids is 3. The minimum atomic E-state index is -0.762. The van der Waals surface area contributed by atoms with Crippen molar-refractivity contribution in [2.45, 2.75) is 298 Å². The molecule has 0 bridgehead atoms. The van der Waals surface area contributed by atoms with Crippen LogP contribution in [0.1, 0.15) is 291 Å². The van der Waals surface area contributed by atoms with E-state index in [1.807, 2.05) is 0 Å². The molecule has 0 radical (unpaired) electrons. The third kappa shape index (κ3) is 47.3. The first-order chi connectivity index (χ1) is 28.7. The number of hydrogen-bond acceptors (Lipinski definition) is 6. The van der Waals surface area contributed by atoms with Gasteiger partial charge in [0.1, 0.15) is 13.2 Å². The maximum absolute atomic E-state index is 12.7. The number of hydrogen-bond donors (Lipinski definition) is 0. The highest BCUT2D eigenvalue weighted by Crippen LogP contribution is 2.17. The first kappa shape index (κ1) is 57.4. The summed E-state index contributed by atoms with van der Waals surface area (Å²) in [5.41, 5.74) is 0. The van der Waals surface area contributed by atoms with Crippen molar-refractivity contribution in [1.82, 2.24) is 0 Å². The van der Waals surface area contributed by atoms with E-state index in [2.05, 4.69) is 34.6 Å². The Morgan fingerprint density at radius 1 is 0.322 bits per heavy atom. The van der Waals surface area contributed by atoms with Crippen molar-refractivity contribution >= 4 is 17.9 Å². The van der Waals surface area contributed by atoms with Gasteiger partial charge in [-0.1, -0.05) is 253 Å². The summed E-state index contributed by atoms with van der Waals surface area (Å²) in [6, 6.07) is 0. The van der Waals surface area contributed by atoms with Crippen molar-refractivity contribution in [3.63, 3.8) is 0 Å². The van der Waals surface area contributed by atoms with Gasteiger partial charge in [-0.3, -0.25) is 14.4 Å². The molecule has 0 saturated carbocycles. The lowest BCUT2D eigenvalue weighted by Gasteiger charge is -2.18. The van der Waals surface area contributed by atoms with E-state index < -0.39 is 6.10 Å². The molecule has 0 aromatic carbocycles. The number of rotatable bonds is 47. The zero-order chi connectivity index (χ0) is 43.3. The zero-order valence-electron chi connectivity index (χ0n) is 40.4. The molecule has 59 heavy (non-hydrogen) atoms. The minimum Gasteiger partial charge on any atom is -0.462 e. The molecule has 0 aromatic rings. The lowest BCUT2D eigenvalue weighted by atomic mass is 10.0. The van der Waals surface area contributed by atoms with Gasteiger partial charge in [0, 0.05) is 19.3 Å². The van der Waals surface area contributed by atoms with Crippen molar-refractivity contribution in [3.05, 3.63) is 0 Å². The molecule has 6 heteroatoms. The van der Waals surface area contributed by atoms with Crippen LogP contribution in [-0.4, -0.2) is 37.2 Å². The molecule has 0 unspecified atom stereocenters. The van der Waals surface area contributed by atoms with Crippen LogP contribution in [0.2, 0.25) is 0 Å². The summed E-state index contributed by atoms with van der Waals surface area (Å²) in [5, 5.41) is 0. The van der Waals surface area contributed by atoms with Crippen LogP contribution in [0.3, 0.4) is 0 Å². The van der Waals surface area contributed by atoms with E-state index in [0.29, 0.717) is 19.3 Å². The Morgan fingerprint density at radius 2 is 0.559 bits per heavy atom. The quantitative estimate of drug-likeness (QED) is 0.0345. The van der Waals surface area contributed by atoms with Crippen LogP contribution in [0, 0.1) is 11.8 Å². The fraction of sp³-hybridized carbons (Fsp3) is 0.943. The number of carbonyl (C=O) groups is 3. The minimum absolute atomic E-state index is 0.0646. The van der Waals surface area contributed by atoms with Crippen LogP contribution in [-0.2, 0) is 28.6 Å². The molecular weight excluding hydrogens is 733 g/mol. The van der Waals surface area contributed by atoms with Gasteiger partial charge in [-0.2, -0.15) is 0 Å². The highest BCUT2D eigenvalue weighted by molar-refractivity contribution is 5.71. The molecule has 0 fully saturated rings. The average molecular weight is 835 g/mol. The van der Waals surface area contributed by atoms with Crippen molar-refractivity contribution < 1.29 is 28.6 Å². The normalized spacial score (nSPS) is 12.1. The lowest BCUT2D eigenvalue weighted by molar-refractivity contribution is -0.167. The molecule has 0 aliphatic heterocycles. The van der Waals surface area contributed by atoms with Gasteiger partial charge in [-0.05, 0) is 31.1 Å². The van der Waals surface area contributed by atoms with Gasteiger partial charge in [0.25, 0.3) is 0 Å². The lowest BCUT2D eigenvalue weighted by Crippen LogP contribution is -2.30. The maximum Gasteiger partial charge on any atom is 0.306 e. The summed E-state index contributed by atoms with van der Waals surface area (Å²) in [5.74, 6) is 0.746. The van der Waals surface area contributed by atoms with Crippen LogP contribution in [0.4, 0.5) is 0 Å². The third-order valence-electron chi connectivity index (χ3n) is 12.0. The summed E-state index contributed by atoms with van der Waals surface area (Å²) < 4.78 is 16.8. The highest BCUT2D eigenvalue weighted by Gasteiger charge is 2.19. The van der Waals surface area contributed by atoms with Crippen LogP contribution in [0.15, 0.2) is 0 Å². The van der Waals surface area contributed by atoms with E-state index in [4.69, 9.17) is 14.2 Å². The van der Waals surface area contributed by atoms with E-state index in [1.54, 1.807) is 0 Å². The van der Waals surface area contributed by atoms with Gasteiger partial charge >= 0.3 is 17.9 Å². The molecule has 350 valence electrons. The predicted molar refractivity (Wildman–Crippen MR) is 252 cm³/mol. The molecule has 1 atom stereocenters. The van der Waals surface area contributed by atoms with E-state index >= 15 is 0 Å². The Morgan fingerprint density at radius 3 is 0.831 bits per heavy atom. The highest BCUT2D eigenvalue weighted by atomic mass is 16.6. The molecule has 0 heterocycles. The Hall–Kier alpha value is -1.59. The van der Waals surface area contributed by atoms with E-state index in [9.17, 15) is 14.4 Å². The standard InChI is InChI=1S/C53H102O6/c1-6-7-8-9-10-11-12-13-14-15-18-21-24-27-33-38-43-51(54)57-46-50(59-53(56)45-40-35-30-29-32-37-42-49(4)5)47-58-52(55)44-39-34-28-25-22-19-16-17-20-23-26-31-36-41-48(2)3/h48-50H,6-47H2,1-5H3/t50-/m1/s1. The fourth-order valence-corrected chi connectivity index (χ4v) is 7.99. The van der Waals surface area contributed by atoms with Crippen molar-refractivity contribution in [2.75, 3.05) is 13.2 Å². The van der Waals surface area contributed by atoms with Gasteiger partial charge < -0.3 is 14.2 Å². The number of esters is 3. The van der Waals surface area contributed by atoms with Crippen LogP contribution in [0.25, 0.3) is 0 Å². The smallest absolute Gasteiger partial charge is 0.306 e. The number of ether oxygens (including phenoxy) is 3. The first-order valence-electron chi connectivity index (χ1n) is 26.2. The van der Waals surface area contributed by atoms with Gasteiger partial charge in [-0.15, -0.1) is 0 Å². The monoisotopic (exact) mass is 835 g/mol. The van der Waals surface area contributed by atoms with Crippen molar-refractivity contribution in [1.29, 1.82) is 0 Å². The fourth-order valence-electron chi connectivity index (χ4n) is 7.99. The molecule has 0 saturated heterocycles. The molecule has 0 aromatic heterocycles. The van der Waals surface area contributed by atoms with Crippen molar-refractivity contribution in [3.8, 4) is 0 Å². The molecule has 6 nitrogen and oxygen atoms in total. The second-order valence-corrected chi connectivity index (χ2v) is 19.1.